The third-order valence-corrected chi connectivity index (χ3v) is 5.88. The van der Waals surface area contributed by atoms with E-state index in [4.69, 9.17) is 4.98 Å². The van der Waals surface area contributed by atoms with Gasteiger partial charge in [0.1, 0.15) is 5.82 Å². The molecule has 1 saturated heterocycles. The van der Waals surface area contributed by atoms with Gasteiger partial charge in [0.2, 0.25) is 0 Å². The van der Waals surface area contributed by atoms with Crippen LogP contribution in [-0.2, 0) is 12.8 Å². The summed E-state index contributed by atoms with van der Waals surface area (Å²) >= 11 is 0. The number of rotatable bonds is 4. The van der Waals surface area contributed by atoms with E-state index >= 15 is 0 Å². The number of hydrogen-bond donors (Lipinski definition) is 1. The lowest BCUT2D eigenvalue weighted by molar-refractivity contribution is 0.252. The van der Waals surface area contributed by atoms with Crippen molar-refractivity contribution in [1.29, 1.82) is 5.26 Å². The van der Waals surface area contributed by atoms with Crippen LogP contribution in [0.25, 0.3) is 5.69 Å². The smallest absolute Gasteiger partial charge is 0.323 e. The number of urea groups is 1. The Balaban J connectivity index is 1.55. The lowest BCUT2D eigenvalue weighted by atomic mass is 10.1. The summed E-state index contributed by atoms with van der Waals surface area (Å²) in [4.78, 5) is 20.7. The van der Waals surface area contributed by atoms with Crippen LogP contribution < -0.4 is 15.1 Å². The number of amides is 2. The third kappa shape index (κ3) is 3.19. The first-order valence-corrected chi connectivity index (χ1v) is 10.5. The average Bonchev–Trinajstić information content (AvgIpc) is 3.52. The van der Waals surface area contributed by atoms with Gasteiger partial charge in [-0.2, -0.15) is 5.26 Å². The maximum atomic E-state index is 12.0. The summed E-state index contributed by atoms with van der Waals surface area (Å²) in [6.07, 6.45) is 3.59. The Kier molecular flexibility index (Phi) is 4.59. The van der Waals surface area contributed by atoms with Crippen molar-refractivity contribution in [2.45, 2.75) is 26.7 Å². The van der Waals surface area contributed by atoms with Crippen LogP contribution in [0.3, 0.4) is 0 Å². The molecule has 0 aliphatic carbocycles. The first-order valence-electron chi connectivity index (χ1n) is 10.5. The summed E-state index contributed by atoms with van der Waals surface area (Å²) in [7, 11) is 0. The zero-order chi connectivity index (χ0) is 21.5. The predicted molar refractivity (Wildman–Crippen MR) is 118 cm³/mol. The van der Waals surface area contributed by atoms with E-state index in [9.17, 15) is 10.1 Å². The molecule has 4 heterocycles. The van der Waals surface area contributed by atoms with E-state index in [1.807, 2.05) is 48.1 Å². The number of fused-ring (bicyclic) bond motifs is 1. The molecule has 8 nitrogen and oxygen atoms in total. The lowest BCUT2D eigenvalue weighted by Gasteiger charge is -2.22. The van der Waals surface area contributed by atoms with Gasteiger partial charge < -0.3 is 10.2 Å². The minimum absolute atomic E-state index is 0.111. The highest BCUT2D eigenvalue weighted by molar-refractivity contribution is 5.93. The summed E-state index contributed by atoms with van der Waals surface area (Å²) in [6, 6.07) is 11.9. The van der Waals surface area contributed by atoms with E-state index in [2.05, 4.69) is 28.3 Å². The van der Waals surface area contributed by atoms with Crippen LogP contribution in [0.5, 0.6) is 0 Å². The molecule has 2 aromatic heterocycles. The highest BCUT2D eigenvalue weighted by Crippen LogP contribution is 2.38. The molecular formula is C23H23N7O. The zero-order valence-corrected chi connectivity index (χ0v) is 17.6. The molecule has 1 aromatic carbocycles. The highest BCUT2D eigenvalue weighted by atomic mass is 16.2. The minimum atomic E-state index is -0.111. The molecule has 1 fully saturated rings. The van der Waals surface area contributed by atoms with Crippen molar-refractivity contribution in [3.8, 4) is 11.8 Å². The van der Waals surface area contributed by atoms with Gasteiger partial charge in [0, 0.05) is 48.8 Å². The van der Waals surface area contributed by atoms with Crippen LogP contribution in [0, 0.1) is 18.3 Å². The number of anilines is 3. The Morgan fingerprint density at radius 3 is 2.77 bits per heavy atom. The number of aryl methyl sites for hydroxylation is 2. The summed E-state index contributed by atoms with van der Waals surface area (Å²) in [5.41, 5.74) is 5.94. The number of benzene rings is 1. The van der Waals surface area contributed by atoms with Gasteiger partial charge in [-0.15, -0.1) is 5.10 Å². The Morgan fingerprint density at radius 2 is 2.03 bits per heavy atom. The first-order chi connectivity index (χ1) is 15.1. The van der Waals surface area contributed by atoms with Gasteiger partial charge >= 0.3 is 6.03 Å². The monoisotopic (exact) mass is 413 g/mol. The quantitative estimate of drug-likeness (QED) is 0.709. The van der Waals surface area contributed by atoms with E-state index in [1.165, 1.54) is 0 Å². The maximum Gasteiger partial charge on any atom is 0.323 e. The molecule has 2 aliphatic heterocycles. The number of nitrogens with one attached hydrogen (secondary N) is 1. The standard InChI is InChI=1S/C23H23N7O/c1-3-17-13-16(14-24)4-5-19(17)28-9-6-18-20(12-15(2)26-22(18)28)30-10-7-21(27-30)29-11-8-25-23(29)31/h4-5,7,10,12-13H,3,6,8-9,11H2,1-2H3,(H,25,31). The van der Waals surface area contributed by atoms with Gasteiger partial charge in [0.15, 0.2) is 5.82 Å². The molecule has 0 radical (unpaired) electrons. The van der Waals surface area contributed by atoms with Gasteiger partial charge in [0.25, 0.3) is 0 Å². The summed E-state index contributed by atoms with van der Waals surface area (Å²) in [5, 5.41) is 16.8. The molecule has 2 amide bonds. The molecule has 0 saturated carbocycles. The second kappa shape index (κ2) is 7.43. The van der Waals surface area contributed by atoms with Crippen LogP contribution in [0.1, 0.15) is 29.3 Å². The van der Waals surface area contributed by atoms with Gasteiger partial charge in [-0.05, 0) is 49.6 Å². The van der Waals surface area contributed by atoms with Crippen LogP contribution in [0.15, 0.2) is 36.5 Å². The molecule has 8 heteroatoms. The first kappa shape index (κ1) is 19.1. The molecule has 1 N–H and O–H groups in total. The normalized spacial score (nSPS) is 15.2. The second-order valence-corrected chi connectivity index (χ2v) is 7.80. The Hall–Kier alpha value is -3.86. The largest absolute Gasteiger partial charge is 0.336 e. The molecule has 3 aromatic rings. The van der Waals surface area contributed by atoms with Crippen LogP contribution >= 0.6 is 0 Å². The van der Waals surface area contributed by atoms with E-state index in [-0.39, 0.29) is 6.03 Å². The average molecular weight is 413 g/mol. The minimum Gasteiger partial charge on any atom is -0.336 e. The van der Waals surface area contributed by atoms with Crippen molar-refractivity contribution in [2.75, 3.05) is 29.4 Å². The van der Waals surface area contributed by atoms with Crippen LogP contribution in [0.2, 0.25) is 0 Å². The predicted octanol–water partition coefficient (Wildman–Crippen LogP) is 3.23. The van der Waals surface area contributed by atoms with Gasteiger partial charge in [0.05, 0.1) is 17.3 Å². The Bertz CT molecular complexity index is 1220. The summed E-state index contributed by atoms with van der Waals surface area (Å²) in [6.45, 7) is 6.16. The van der Waals surface area contributed by atoms with Crippen molar-refractivity contribution in [3.63, 3.8) is 0 Å². The summed E-state index contributed by atoms with van der Waals surface area (Å²) in [5.74, 6) is 1.58. The summed E-state index contributed by atoms with van der Waals surface area (Å²) < 4.78 is 1.84. The van der Waals surface area contributed by atoms with Crippen LogP contribution in [0.4, 0.5) is 22.1 Å². The van der Waals surface area contributed by atoms with Crippen molar-refractivity contribution in [1.82, 2.24) is 20.1 Å². The number of nitriles is 1. The molecule has 0 bridgehead atoms. The van der Waals surface area contributed by atoms with Crippen molar-refractivity contribution >= 4 is 23.4 Å². The topological polar surface area (TPSA) is 90.1 Å². The van der Waals surface area contributed by atoms with E-state index in [1.54, 1.807) is 4.90 Å². The molecule has 0 spiro atoms. The molecule has 156 valence electrons. The molecule has 5 rings (SSSR count). The zero-order valence-electron chi connectivity index (χ0n) is 17.6. The third-order valence-electron chi connectivity index (χ3n) is 5.88. The molecular weight excluding hydrogens is 390 g/mol. The molecule has 0 atom stereocenters. The van der Waals surface area contributed by atoms with Crippen LogP contribution in [-0.4, -0.2) is 40.4 Å². The fraction of sp³-hybridized carbons (Fsp3) is 0.304. The number of carbonyl (C=O) groups is 1. The van der Waals surface area contributed by atoms with Gasteiger partial charge in [-0.3, -0.25) is 4.90 Å². The van der Waals surface area contributed by atoms with E-state index in [0.29, 0.717) is 24.5 Å². The number of hydrogen-bond acceptors (Lipinski definition) is 5. The Labute approximate surface area is 180 Å². The molecule has 31 heavy (non-hydrogen) atoms. The van der Waals surface area contributed by atoms with Gasteiger partial charge in [-0.25, -0.2) is 14.5 Å². The fourth-order valence-electron chi connectivity index (χ4n) is 4.38. The number of carbonyl (C=O) groups excluding carboxylic acids is 1. The molecule has 2 aliphatic rings. The van der Waals surface area contributed by atoms with Crippen molar-refractivity contribution in [3.05, 3.63) is 58.9 Å². The Morgan fingerprint density at radius 1 is 1.16 bits per heavy atom. The number of aromatic nitrogens is 3. The number of nitrogens with zero attached hydrogens (tertiary/aromatic N) is 6. The number of pyridine rings is 1. The second-order valence-electron chi connectivity index (χ2n) is 7.80. The fourth-order valence-corrected chi connectivity index (χ4v) is 4.38. The van der Waals surface area contributed by atoms with E-state index < -0.39 is 0 Å². The van der Waals surface area contributed by atoms with Crippen molar-refractivity contribution < 1.29 is 4.79 Å². The lowest BCUT2D eigenvalue weighted by Crippen LogP contribution is -2.28. The van der Waals surface area contributed by atoms with Gasteiger partial charge in [-0.1, -0.05) is 6.92 Å². The van der Waals surface area contributed by atoms with E-state index in [0.717, 1.165) is 53.4 Å². The van der Waals surface area contributed by atoms with Crippen molar-refractivity contribution in [2.24, 2.45) is 0 Å². The SMILES string of the molecule is CCc1cc(C#N)ccc1N1CCc2c(-n3ccc(N4CCNC4=O)n3)cc(C)nc21. The molecule has 0 unspecified atom stereocenters. The highest BCUT2D eigenvalue weighted by Gasteiger charge is 2.28. The maximum absolute atomic E-state index is 12.0.